The third-order valence-electron chi connectivity index (χ3n) is 2.73. The van der Waals surface area contributed by atoms with Gasteiger partial charge in [-0.1, -0.05) is 18.2 Å². The van der Waals surface area contributed by atoms with Crippen LogP contribution in [0.25, 0.3) is 5.69 Å². The summed E-state index contributed by atoms with van der Waals surface area (Å²) in [6.07, 6.45) is -9.94. The fourth-order valence-corrected chi connectivity index (χ4v) is 1.80. The molecular weight excluding hydrogens is 300 g/mol. The summed E-state index contributed by atoms with van der Waals surface area (Å²) >= 11 is 0. The molecule has 1 aromatic carbocycles. The number of rotatable bonds is 2. The Morgan fingerprint density at radius 3 is 2.14 bits per heavy atom. The molecule has 114 valence electrons. The molecule has 0 saturated carbocycles. The van der Waals surface area contributed by atoms with Crippen molar-refractivity contribution in [3.8, 4) is 5.69 Å². The van der Waals surface area contributed by atoms with Gasteiger partial charge in [0.2, 0.25) is 0 Å². The Bertz CT molecular complexity index is 641. The third-order valence-corrected chi connectivity index (χ3v) is 2.73. The van der Waals surface area contributed by atoms with Gasteiger partial charge < -0.3 is 5.73 Å². The number of benzene rings is 1. The largest absolute Gasteiger partial charge is 0.435 e. The van der Waals surface area contributed by atoms with Crippen LogP contribution in [0.1, 0.15) is 17.0 Å². The maximum atomic E-state index is 12.9. The van der Waals surface area contributed by atoms with Crippen LogP contribution in [0.15, 0.2) is 30.3 Å². The van der Waals surface area contributed by atoms with Crippen molar-refractivity contribution in [2.24, 2.45) is 5.73 Å². The Morgan fingerprint density at radius 1 is 1.00 bits per heavy atom. The number of hydrogen-bond donors (Lipinski definition) is 1. The summed E-state index contributed by atoms with van der Waals surface area (Å²) in [6.45, 7) is -0.130. The van der Waals surface area contributed by atoms with Crippen molar-refractivity contribution >= 4 is 0 Å². The Labute approximate surface area is 115 Å². The van der Waals surface area contributed by atoms with Crippen LogP contribution in [0.2, 0.25) is 0 Å². The lowest BCUT2D eigenvalue weighted by Crippen LogP contribution is -2.15. The van der Waals surface area contributed by atoms with E-state index in [1.54, 1.807) is 0 Å². The van der Waals surface area contributed by atoms with Crippen molar-refractivity contribution < 1.29 is 26.3 Å². The van der Waals surface area contributed by atoms with E-state index in [0.29, 0.717) is 0 Å². The lowest BCUT2D eigenvalue weighted by atomic mass is 10.2. The molecule has 0 amide bonds. The van der Waals surface area contributed by atoms with Gasteiger partial charge >= 0.3 is 12.4 Å². The van der Waals surface area contributed by atoms with Crippen molar-refractivity contribution in [2.45, 2.75) is 18.9 Å². The fraction of sp³-hybridized carbons (Fsp3) is 0.250. The SMILES string of the molecule is NCc1ccccc1-n1nc(C(F)(F)F)cc1C(F)(F)F. The van der Waals surface area contributed by atoms with Gasteiger partial charge in [0.05, 0.1) is 5.69 Å². The Morgan fingerprint density at radius 2 is 1.62 bits per heavy atom. The van der Waals surface area contributed by atoms with Gasteiger partial charge in [-0.3, -0.25) is 0 Å². The van der Waals surface area contributed by atoms with Crippen LogP contribution < -0.4 is 5.73 Å². The van der Waals surface area contributed by atoms with Crippen LogP contribution in [0, 0.1) is 0 Å². The first-order chi connectivity index (χ1) is 9.64. The van der Waals surface area contributed by atoms with E-state index in [9.17, 15) is 26.3 Å². The molecular formula is C12H9F6N3. The molecule has 9 heteroatoms. The van der Waals surface area contributed by atoms with E-state index >= 15 is 0 Å². The second-order valence-corrected chi connectivity index (χ2v) is 4.15. The highest BCUT2D eigenvalue weighted by Crippen LogP contribution is 2.36. The van der Waals surface area contributed by atoms with E-state index in [4.69, 9.17) is 5.73 Å². The van der Waals surface area contributed by atoms with Crippen LogP contribution in [0.4, 0.5) is 26.3 Å². The lowest BCUT2D eigenvalue weighted by Gasteiger charge is -2.13. The van der Waals surface area contributed by atoms with Crippen LogP contribution in [0.3, 0.4) is 0 Å². The topological polar surface area (TPSA) is 43.8 Å². The Hall–Kier alpha value is -2.03. The predicted molar refractivity (Wildman–Crippen MR) is 61.5 cm³/mol. The summed E-state index contributed by atoms with van der Waals surface area (Å²) in [4.78, 5) is 0. The Kier molecular flexibility index (Phi) is 3.70. The molecule has 0 spiro atoms. The fourth-order valence-electron chi connectivity index (χ4n) is 1.80. The zero-order valence-corrected chi connectivity index (χ0v) is 10.3. The van der Waals surface area contributed by atoms with Gasteiger partial charge in [-0.15, -0.1) is 0 Å². The van der Waals surface area contributed by atoms with Crippen molar-refractivity contribution in [1.29, 1.82) is 0 Å². The molecule has 0 aliphatic heterocycles. The summed E-state index contributed by atoms with van der Waals surface area (Å²) in [6, 6.07) is 5.54. The zero-order chi connectivity index (χ0) is 15.8. The monoisotopic (exact) mass is 309 g/mol. The summed E-state index contributed by atoms with van der Waals surface area (Å²) in [5, 5.41) is 3.04. The lowest BCUT2D eigenvalue weighted by molar-refractivity contribution is -0.143. The molecule has 0 radical (unpaired) electrons. The predicted octanol–water partition coefficient (Wildman–Crippen LogP) is 3.37. The minimum absolute atomic E-state index is 0.0205. The molecule has 1 aromatic heterocycles. The molecule has 2 N–H and O–H groups in total. The number of para-hydroxylation sites is 1. The second-order valence-electron chi connectivity index (χ2n) is 4.15. The van der Waals surface area contributed by atoms with Gasteiger partial charge in [-0.25, -0.2) is 4.68 Å². The number of alkyl halides is 6. The van der Waals surface area contributed by atoms with Crippen LogP contribution in [-0.2, 0) is 18.9 Å². The highest BCUT2D eigenvalue weighted by atomic mass is 19.4. The van der Waals surface area contributed by atoms with Gasteiger partial charge in [0.1, 0.15) is 5.69 Å². The quantitative estimate of drug-likeness (QED) is 0.864. The number of hydrogen-bond acceptors (Lipinski definition) is 2. The smallest absolute Gasteiger partial charge is 0.326 e. The van der Waals surface area contributed by atoms with Gasteiger partial charge in [-0.2, -0.15) is 31.4 Å². The van der Waals surface area contributed by atoms with Crippen molar-refractivity contribution in [3.63, 3.8) is 0 Å². The molecule has 0 saturated heterocycles. The summed E-state index contributed by atoms with van der Waals surface area (Å²) in [5.74, 6) is 0. The highest BCUT2D eigenvalue weighted by molar-refractivity contribution is 5.42. The van der Waals surface area contributed by atoms with Crippen LogP contribution in [-0.4, -0.2) is 9.78 Å². The summed E-state index contributed by atoms with van der Waals surface area (Å²) in [7, 11) is 0. The van der Waals surface area contributed by atoms with Gasteiger partial charge in [0.15, 0.2) is 5.69 Å². The van der Waals surface area contributed by atoms with Gasteiger partial charge in [-0.05, 0) is 11.6 Å². The highest BCUT2D eigenvalue weighted by Gasteiger charge is 2.42. The summed E-state index contributed by atoms with van der Waals surface area (Å²) < 4.78 is 76.8. The van der Waals surface area contributed by atoms with Crippen molar-refractivity contribution in [1.82, 2.24) is 9.78 Å². The molecule has 0 unspecified atom stereocenters. The number of nitrogens with zero attached hydrogens (tertiary/aromatic N) is 2. The van der Waals surface area contributed by atoms with E-state index in [1.807, 2.05) is 0 Å². The van der Waals surface area contributed by atoms with E-state index in [2.05, 4.69) is 5.10 Å². The Balaban J connectivity index is 2.70. The van der Waals surface area contributed by atoms with Crippen LogP contribution >= 0.6 is 0 Å². The second kappa shape index (κ2) is 5.06. The molecule has 0 bridgehead atoms. The third kappa shape index (κ3) is 3.02. The molecule has 2 aromatic rings. The molecule has 0 aliphatic rings. The van der Waals surface area contributed by atoms with Gasteiger partial charge in [0.25, 0.3) is 0 Å². The first kappa shape index (κ1) is 15.4. The van der Waals surface area contributed by atoms with Gasteiger partial charge in [0, 0.05) is 12.6 Å². The number of aromatic nitrogens is 2. The first-order valence-corrected chi connectivity index (χ1v) is 5.67. The average molecular weight is 309 g/mol. The average Bonchev–Trinajstić information content (AvgIpc) is 2.83. The molecule has 0 atom stereocenters. The number of nitrogens with two attached hydrogens (primary N) is 1. The molecule has 21 heavy (non-hydrogen) atoms. The first-order valence-electron chi connectivity index (χ1n) is 5.67. The molecule has 0 fully saturated rings. The maximum Gasteiger partial charge on any atom is 0.435 e. The van der Waals surface area contributed by atoms with E-state index in [-0.39, 0.29) is 28.5 Å². The van der Waals surface area contributed by atoms with E-state index in [0.717, 1.165) is 0 Å². The van der Waals surface area contributed by atoms with E-state index < -0.39 is 23.7 Å². The molecule has 1 heterocycles. The normalized spacial score (nSPS) is 12.7. The van der Waals surface area contributed by atoms with Crippen molar-refractivity contribution in [2.75, 3.05) is 0 Å². The minimum atomic E-state index is -4.97. The molecule has 3 nitrogen and oxygen atoms in total. The molecule has 2 rings (SSSR count). The van der Waals surface area contributed by atoms with Crippen LogP contribution in [0.5, 0.6) is 0 Å². The summed E-state index contributed by atoms with van der Waals surface area (Å²) in [5.41, 5.74) is 2.40. The number of halogens is 6. The standard InChI is InChI=1S/C12H9F6N3/c13-11(14,15)9-5-10(12(16,17)18)21(20-9)8-4-2-1-3-7(8)6-19/h1-5H,6,19H2. The van der Waals surface area contributed by atoms with E-state index in [1.165, 1.54) is 24.3 Å². The maximum absolute atomic E-state index is 12.9. The minimum Gasteiger partial charge on any atom is -0.326 e. The zero-order valence-electron chi connectivity index (χ0n) is 10.3. The molecule has 0 aliphatic carbocycles. The van der Waals surface area contributed by atoms with Crippen molar-refractivity contribution in [3.05, 3.63) is 47.3 Å².